The van der Waals surface area contributed by atoms with Crippen LogP contribution in [0.1, 0.15) is 24.6 Å². The van der Waals surface area contributed by atoms with E-state index in [0.717, 1.165) is 0 Å². The quantitative estimate of drug-likeness (QED) is 0.849. The van der Waals surface area contributed by atoms with Crippen LogP contribution in [0.25, 0.3) is 10.1 Å². The Morgan fingerprint density at radius 1 is 1.32 bits per heavy atom. The van der Waals surface area contributed by atoms with Crippen LogP contribution in [0.3, 0.4) is 0 Å². The molecule has 1 N–H and O–H groups in total. The molecule has 0 aliphatic carbocycles. The Balaban J connectivity index is 2.04. The van der Waals surface area contributed by atoms with Crippen LogP contribution in [-0.4, -0.2) is 23.7 Å². The predicted molar refractivity (Wildman–Crippen MR) is 78.9 cm³/mol. The highest BCUT2D eigenvalue weighted by Crippen LogP contribution is 2.41. The van der Waals surface area contributed by atoms with Gasteiger partial charge in [0.1, 0.15) is 5.84 Å². The highest BCUT2D eigenvalue weighted by molar-refractivity contribution is 7.19. The smallest absolute Gasteiger partial charge is 0.228 e. The zero-order valence-corrected chi connectivity index (χ0v) is 11.9. The van der Waals surface area contributed by atoms with E-state index in [9.17, 15) is 4.79 Å². The maximum Gasteiger partial charge on any atom is 0.228 e. The second-order valence-electron chi connectivity index (χ2n) is 5.46. The van der Waals surface area contributed by atoms with Crippen LogP contribution >= 0.6 is 11.3 Å². The molecular formula is C15H16N2OS. The van der Waals surface area contributed by atoms with Crippen molar-refractivity contribution in [3.05, 3.63) is 35.2 Å². The molecule has 0 saturated carbocycles. The standard InChI is InChI=1S/C15H16N2OS/c1-15(8-13(16)17(2)14(18)9-15)12-7-10-5-3-4-6-11(10)19-12/h3-7,16H,8-9H2,1-2H3/t15-/m0/s1. The number of hydrogen-bond donors (Lipinski definition) is 1. The van der Waals surface area contributed by atoms with E-state index < -0.39 is 0 Å². The molecule has 19 heavy (non-hydrogen) atoms. The predicted octanol–water partition coefficient (Wildman–Crippen LogP) is 3.39. The van der Waals surface area contributed by atoms with Gasteiger partial charge in [-0.25, -0.2) is 0 Å². The summed E-state index contributed by atoms with van der Waals surface area (Å²) in [4.78, 5) is 14.7. The number of amidine groups is 1. The number of nitrogens with one attached hydrogen (secondary N) is 1. The summed E-state index contributed by atoms with van der Waals surface area (Å²) >= 11 is 1.74. The number of piperidine rings is 1. The normalized spacial score (nSPS) is 24.2. The van der Waals surface area contributed by atoms with E-state index in [1.807, 2.05) is 12.1 Å². The van der Waals surface area contributed by atoms with E-state index in [-0.39, 0.29) is 11.3 Å². The first-order valence-electron chi connectivity index (χ1n) is 6.33. The Kier molecular flexibility index (Phi) is 2.71. The molecule has 2 heterocycles. The first-order valence-corrected chi connectivity index (χ1v) is 7.14. The van der Waals surface area contributed by atoms with Gasteiger partial charge in [0.15, 0.2) is 0 Å². The molecule has 2 aromatic rings. The van der Waals surface area contributed by atoms with Gasteiger partial charge in [-0.15, -0.1) is 11.3 Å². The number of carbonyl (C=O) groups excluding carboxylic acids is 1. The molecule has 4 heteroatoms. The third-order valence-electron chi connectivity index (χ3n) is 3.90. The third-order valence-corrected chi connectivity index (χ3v) is 5.32. The van der Waals surface area contributed by atoms with Crippen molar-refractivity contribution in [2.75, 3.05) is 7.05 Å². The lowest BCUT2D eigenvalue weighted by Gasteiger charge is -2.36. The second kappa shape index (κ2) is 4.17. The van der Waals surface area contributed by atoms with Gasteiger partial charge in [0.25, 0.3) is 0 Å². The number of likely N-dealkylation sites (tertiary alicyclic amines) is 1. The molecule has 3 nitrogen and oxygen atoms in total. The number of fused-ring (bicyclic) bond motifs is 1. The summed E-state index contributed by atoms with van der Waals surface area (Å²) in [6.45, 7) is 2.09. The van der Waals surface area contributed by atoms with Crippen LogP contribution in [-0.2, 0) is 10.2 Å². The Bertz CT molecular complexity index is 623. The van der Waals surface area contributed by atoms with Crippen molar-refractivity contribution in [2.45, 2.75) is 25.2 Å². The number of rotatable bonds is 1. The van der Waals surface area contributed by atoms with E-state index in [0.29, 0.717) is 18.7 Å². The lowest BCUT2D eigenvalue weighted by Crippen LogP contribution is -2.46. The highest BCUT2D eigenvalue weighted by Gasteiger charge is 2.39. The SMILES string of the molecule is CN1C(=N)C[C@](C)(c2cc3ccccc3s2)CC1=O. The van der Waals surface area contributed by atoms with Gasteiger partial charge in [0.05, 0.1) is 0 Å². The average molecular weight is 272 g/mol. The highest BCUT2D eigenvalue weighted by atomic mass is 32.1. The van der Waals surface area contributed by atoms with Gasteiger partial charge in [0, 0.05) is 34.9 Å². The van der Waals surface area contributed by atoms with Crippen molar-refractivity contribution < 1.29 is 4.79 Å². The molecule has 1 fully saturated rings. The van der Waals surface area contributed by atoms with Gasteiger partial charge >= 0.3 is 0 Å². The monoisotopic (exact) mass is 272 g/mol. The van der Waals surface area contributed by atoms with E-state index in [2.05, 4.69) is 25.1 Å². The molecule has 1 aromatic carbocycles. The second-order valence-corrected chi connectivity index (χ2v) is 6.55. The topological polar surface area (TPSA) is 44.2 Å². The van der Waals surface area contributed by atoms with Crippen molar-refractivity contribution >= 4 is 33.2 Å². The summed E-state index contributed by atoms with van der Waals surface area (Å²) in [6, 6.07) is 10.4. The van der Waals surface area contributed by atoms with Crippen LogP contribution in [0, 0.1) is 5.41 Å². The molecule has 98 valence electrons. The van der Waals surface area contributed by atoms with Gasteiger partial charge in [-0.05, 0) is 17.5 Å². The zero-order chi connectivity index (χ0) is 13.6. The van der Waals surface area contributed by atoms with E-state index in [1.54, 1.807) is 18.4 Å². The summed E-state index contributed by atoms with van der Waals surface area (Å²) in [6.07, 6.45) is 1.11. The minimum absolute atomic E-state index is 0.0382. The van der Waals surface area contributed by atoms with Gasteiger partial charge in [-0.2, -0.15) is 0 Å². The maximum atomic E-state index is 12.0. The fraction of sp³-hybridized carbons (Fsp3) is 0.333. The Labute approximate surface area is 116 Å². The van der Waals surface area contributed by atoms with Crippen molar-refractivity contribution in [3.8, 4) is 0 Å². The molecule has 0 radical (unpaired) electrons. The minimum atomic E-state index is -0.232. The van der Waals surface area contributed by atoms with Gasteiger partial charge in [0.2, 0.25) is 5.91 Å². The molecule has 0 spiro atoms. The number of benzene rings is 1. The first kappa shape index (κ1) is 12.4. The Morgan fingerprint density at radius 2 is 2.05 bits per heavy atom. The van der Waals surface area contributed by atoms with Crippen LogP contribution in [0.2, 0.25) is 0 Å². The van der Waals surface area contributed by atoms with Crippen molar-refractivity contribution in [1.29, 1.82) is 5.41 Å². The molecular weight excluding hydrogens is 256 g/mol. The number of carbonyl (C=O) groups is 1. The number of thiophene rings is 1. The molecule has 1 amide bonds. The summed E-state index contributed by atoms with van der Waals surface area (Å²) in [5, 5.41) is 9.20. The molecule has 1 aromatic heterocycles. The Hall–Kier alpha value is -1.68. The molecule has 3 rings (SSSR count). The maximum absolute atomic E-state index is 12.0. The van der Waals surface area contributed by atoms with E-state index in [1.165, 1.54) is 19.9 Å². The average Bonchev–Trinajstić information content (AvgIpc) is 2.80. The molecule has 1 atom stereocenters. The molecule has 0 bridgehead atoms. The minimum Gasteiger partial charge on any atom is -0.304 e. The molecule has 0 unspecified atom stereocenters. The van der Waals surface area contributed by atoms with Gasteiger partial charge in [-0.1, -0.05) is 25.1 Å². The van der Waals surface area contributed by atoms with Crippen molar-refractivity contribution in [3.63, 3.8) is 0 Å². The van der Waals surface area contributed by atoms with E-state index >= 15 is 0 Å². The first-order chi connectivity index (χ1) is 8.99. The lowest BCUT2D eigenvalue weighted by atomic mass is 9.78. The molecule has 1 aliphatic rings. The fourth-order valence-corrected chi connectivity index (χ4v) is 3.81. The van der Waals surface area contributed by atoms with Gasteiger partial charge in [-0.3, -0.25) is 10.2 Å². The number of nitrogens with zero attached hydrogens (tertiary/aromatic N) is 1. The van der Waals surface area contributed by atoms with Crippen LogP contribution < -0.4 is 0 Å². The third kappa shape index (κ3) is 1.96. The number of amides is 1. The van der Waals surface area contributed by atoms with E-state index in [4.69, 9.17) is 5.41 Å². The van der Waals surface area contributed by atoms with Gasteiger partial charge < -0.3 is 4.90 Å². The summed E-state index contributed by atoms with van der Waals surface area (Å²) in [5.41, 5.74) is -0.232. The summed E-state index contributed by atoms with van der Waals surface area (Å²) < 4.78 is 1.25. The number of hydrogen-bond acceptors (Lipinski definition) is 3. The van der Waals surface area contributed by atoms with Crippen LogP contribution in [0.4, 0.5) is 0 Å². The van der Waals surface area contributed by atoms with Crippen LogP contribution in [0.5, 0.6) is 0 Å². The molecule has 1 saturated heterocycles. The zero-order valence-electron chi connectivity index (χ0n) is 11.1. The Morgan fingerprint density at radius 3 is 2.74 bits per heavy atom. The summed E-state index contributed by atoms with van der Waals surface area (Å²) in [7, 11) is 1.69. The summed E-state index contributed by atoms with van der Waals surface area (Å²) in [5.74, 6) is 0.451. The van der Waals surface area contributed by atoms with Crippen molar-refractivity contribution in [1.82, 2.24) is 4.90 Å². The fourth-order valence-electron chi connectivity index (χ4n) is 2.61. The molecule has 1 aliphatic heterocycles. The van der Waals surface area contributed by atoms with Crippen molar-refractivity contribution in [2.24, 2.45) is 0 Å². The van der Waals surface area contributed by atoms with Crippen LogP contribution in [0.15, 0.2) is 30.3 Å². The lowest BCUT2D eigenvalue weighted by molar-refractivity contribution is -0.128. The largest absolute Gasteiger partial charge is 0.304 e.